The van der Waals surface area contributed by atoms with Gasteiger partial charge in [0.25, 0.3) is 0 Å². The summed E-state index contributed by atoms with van der Waals surface area (Å²) < 4.78 is 7.66. The van der Waals surface area contributed by atoms with Gasteiger partial charge in [0.15, 0.2) is 12.4 Å². The number of aromatic nitrogens is 1. The van der Waals surface area contributed by atoms with Gasteiger partial charge in [-0.3, -0.25) is 0 Å². The van der Waals surface area contributed by atoms with Crippen LogP contribution in [0.2, 0.25) is 0 Å². The van der Waals surface area contributed by atoms with Crippen molar-refractivity contribution in [3.05, 3.63) is 59.9 Å². The molecule has 0 saturated carbocycles. The van der Waals surface area contributed by atoms with Gasteiger partial charge in [0, 0.05) is 12.1 Å². The van der Waals surface area contributed by atoms with Crippen LogP contribution in [0, 0.1) is 13.8 Å². The summed E-state index contributed by atoms with van der Waals surface area (Å²) >= 11 is 0. The highest BCUT2D eigenvalue weighted by molar-refractivity contribution is 5.99. The van der Waals surface area contributed by atoms with E-state index in [2.05, 4.69) is 41.1 Å². The van der Waals surface area contributed by atoms with E-state index in [1.165, 1.54) is 0 Å². The lowest BCUT2D eigenvalue weighted by molar-refractivity contribution is -0.509. The molecule has 4 rings (SSSR count). The maximum atomic E-state index is 10.1. The second kappa shape index (κ2) is 4.85. The molecule has 114 valence electrons. The SMILES string of the molecule is COc1c(C)ccc2cc3c4cc(O)c(C)cc4cc[n+]3cc12. The van der Waals surface area contributed by atoms with Gasteiger partial charge in [-0.15, -0.1) is 0 Å². The third kappa shape index (κ3) is 2.00. The quantitative estimate of drug-likeness (QED) is 0.327. The molecule has 0 bridgehead atoms. The number of phenolic OH excluding ortho intramolecular Hbond substituents is 1. The first-order chi connectivity index (χ1) is 11.1. The van der Waals surface area contributed by atoms with E-state index < -0.39 is 0 Å². The van der Waals surface area contributed by atoms with Crippen LogP contribution in [0.5, 0.6) is 11.5 Å². The van der Waals surface area contributed by atoms with Gasteiger partial charge in [-0.05, 0) is 47.9 Å². The van der Waals surface area contributed by atoms with Gasteiger partial charge in [-0.1, -0.05) is 12.1 Å². The molecular weight excluding hydrogens is 286 g/mol. The van der Waals surface area contributed by atoms with Gasteiger partial charge in [-0.2, -0.15) is 4.40 Å². The molecular formula is C20H18NO2+. The zero-order chi connectivity index (χ0) is 16.1. The van der Waals surface area contributed by atoms with Crippen molar-refractivity contribution < 1.29 is 14.2 Å². The first-order valence-corrected chi connectivity index (χ1v) is 7.63. The molecule has 0 aliphatic heterocycles. The Morgan fingerprint density at radius 1 is 0.913 bits per heavy atom. The molecule has 3 nitrogen and oxygen atoms in total. The van der Waals surface area contributed by atoms with E-state index in [0.717, 1.165) is 43.9 Å². The number of aromatic hydroxyl groups is 1. The molecule has 0 spiro atoms. The Morgan fingerprint density at radius 3 is 2.48 bits per heavy atom. The number of benzene rings is 2. The second-order valence-electron chi connectivity index (χ2n) is 6.03. The minimum Gasteiger partial charge on any atom is -0.508 e. The minimum atomic E-state index is 0.326. The highest BCUT2D eigenvalue weighted by atomic mass is 16.5. The second-order valence-corrected chi connectivity index (χ2v) is 6.03. The van der Waals surface area contributed by atoms with Crippen molar-refractivity contribution in [3.8, 4) is 11.5 Å². The Balaban J connectivity index is 2.17. The zero-order valence-corrected chi connectivity index (χ0v) is 13.4. The van der Waals surface area contributed by atoms with Crippen molar-refractivity contribution in [3.63, 3.8) is 0 Å². The standard InChI is InChI=1S/C20H17NO2/c1-12-4-5-14-9-18-16-10-19(22)13(2)8-15(16)6-7-21(18)11-17(14)20(12)23-3/h4-11H,1-3H3/p+1. The molecule has 4 aromatic rings. The van der Waals surface area contributed by atoms with E-state index in [1.54, 1.807) is 7.11 Å². The van der Waals surface area contributed by atoms with Crippen LogP contribution < -0.4 is 9.14 Å². The van der Waals surface area contributed by atoms with Crippen molar-refractivity contribution in [1.82, 2.24) is 0 Å². The van der Waals surface area contributed by atoms with Gasteiger partial charge >= 0.3 is 0 Å². The smallest absolute Gasteiger partial charge is 0.219 e. The number of methoxy groups -OCH3 is 1. The van der Waals surface area contributed by atoms with Crippen LogP contribution in [0.3, 0.4) is 0 Å². The first kappa shape index (κ1) is 13.8. The number of pyridine rings is 2. The molecule has 2 aromatic heterocycles. The molecule has 0 radical (unpaired) electrons. The van der Waals surface area contributed by atoms with E-state index >= 15 is 0 Å². The van der Waals surface area contributed by atoms with Crippen LogP contribution in [-0.2, 0) is 0 Å². The van der Waals surface area contributed by atoms with Crippen molar-refractivity contribution in [1.29, 1.82) is 0 Å². The van der Waals surface area contributed by atoms with Crippen LogP contribution >= 0.6 is 0 Å². The van der Waals surface area contributed by atoms with E-state index in [1.807, 2.05) is 26.0 Å². The summed E-state index contributed by atoms with van der Waals surface area (Å²) in [7, 11) is 1.71. The first-order valence-electron chi connectivity index (χ1n) is 7.63. The highest BCUT2D eigenvalue weighted by Crippen LogP contribution is 2.31. The molecule has 0 amide bonds. The van der Waals surface area contributed by atoms with Crippen molar-refractivity contribution in [2.45, 2.75) is 13.8 Å². The summed E-state index contributed by atoms with van der Waals surface area (Å²) in [6.45, 7) is 3.97. The number of hydrogen-bond acceptors (Lipinski definition) is 2. The maximum absolute atomic E-state index is 10.1. The van der Waals surface area contributed by atoms with Gasteiger partial charge in [0.1, 0.15) is 11.5 Å². The summed E-state index contributed by atoms with van der Waals surface area (Å²) in [4.78, 5) is 0. The predicted molar refractivity (Wildman–Crippen MR) is 92.3 cm³/mol. The molecule has 2 aromatic carbocycles. The van der Waals surface area contributed by atoms with Crippen LogP contribution in [0.15, 0.2) is 48.8 Å². The lowest BCUT2D eigenvalue weighted by Crippen LogP contribution is -2.20. The van der Waals surface area contributed by atoms with Crippen molar-refractivity contribution >= 4 is 27.1 Å². The molecule has 3 heteroatoms. The number of hydrogen-bond donors (Lipinski definition) is 1. The minimum absolute atomic E-state index is 0.326. The lowest BCUT2D eigenvalue weighted by Gasteiger charge is -2.08. The van der Waals surface area contributed by atoms with E-state index in [4.69, 9.17) is 4.74 Å². The Labute approximate surface area is 134 Å². The summed E-state index contributed by atoms with van der Waals surface area (Å²) in [6.07, 6.45) is 4.14. The van der Waals surface area contributed by atoms with Crippen LogP contribution in [-0.4, -0.2) is 12.2 Å². The monoisotopic (exact) mass is 304 g/mol. The fraction of sp³-hybridized carbons (Fsp3) is 0.150. The van der Waals surface area contributed by atoms with Crippen LogP contribution in [0.4, 0.5) is 0 Å². The predicted octanol–water partition coefficient (Wildman–Crippen LogP) is 4.06. The van der Waals surface area contributed by atoms with E-state index in [-0.39, 0.29) is 0 Å². The molecule has 2 heterocycles. The molecule has 0 saturated heterocycles. The molecule has 0 aliphatic carbocycles. The largest absolute Gasteiger partial charge is 0.508 e. The Kier molecular flexibility index (Phi) is 2.91. The van der Waals surface area contributed by atoms with E-state index in [0.29, 0.717) is 5.75 Å². The van der Waals surface area contributed by atoms with Crippen molar-refractivity contribution in [2.24, 2.45) is 0 Å². The van der Waals surface area contributed by atoms with E-state index in [9.17, 15) is 5.11 Å². The molecule has 0 unspecified atom stereocenters. The summed E-state index contributed by atoms with van der Waals surface area (Å²) in [5.41, 5.74) is 3.07. The summed E-state index contributed by atoms with van der Waals surface area (Å²) in [5, 5.41) is 14.5. The van der Waals surface area contributed by atoms with Gasteiger partial charge in [0.05, 0.1) is 17.9 Å². The fourth-order valence-corrected chi connectivity index (χ4v) is 3.26. The normalized spacial score (nSPS) is 11.4. The third-order valence-electron chi connectivity index (χ3n) is 4.53. The number of aryl methyl sites for hydroxylation is 2. The van der Waals surface area contributed by atoms with Gasteiger partial charge in [-0.25, -0.2) is 0 Å². The number of phenols is 1. The zero-order valence-electron chi connectivity index (χ0n) is 13.4. The molecule has 0 aliphatic rings. The lowest BCUT2D eigenvalue weighted by atomic mass is 10.0. The van der Waals surface area contributed by atoms with Crippen molar-refractivity contribution in [2.75, 3.05) is 7.11 Å². The topological polar surface area (TPSA) is 33.6 Å². The van der Waals surface area contributed by atoms with Gasteiger partial charge in [0.2, 0.25) is 5.52 Å². The molecule has 0 atom stereocenters. The van der Waals surface area contributed by atoms with Gasteiger partial charge < -0.3 is 9.84 Å². The Hall–Kier alpha value is -2.81. The number of ether oxygens (including phenoxy) is 1. The number of fused-ring (bicyclic) bond motifs is 4. The highest BCUT2D eigenvalue weighted by Gasteiger charge is 2.15. The fourth-order valence-electron chi connectivity index (χ4n) is 3.26. The van der Waals surface area contributed by atoms with Crippen LogP contribution in [0.1, 0.15) is 11.1 Å². The van der Waals surface area contributed by atoms with Crippen LogP contribution in [0.25, 0.3) is 27.1 Å². The average molecular weight is 304 g/mol. The number of nitrogens with zero attached hydrogens (tertiary/aromatic N) is 1. The number of rotatable bonds is 1. The molecule has 23 heavy (non-hydrogen) atoms. The summed E-state index contributed by atoms with van der Waals surface area (Å²) in [6, 6.07) is 12.3. The Morgan fingerprint density at radius 2 is 1.70 bits per heavy atom. The average Bonchev–Trinajstić information content (AvgIpc) is 2.54. The maximum Gasteiger partial charge on any atom is 0.219 e. The Bertz CT molecular complexity index is 1080. The molecule has 1 N–H and O–H groups in total. The summed E-state index contributed by atoms with van der Waals surface area (Å²) in [5.74, 6) is 1.23. The third-order valence-corrected chi connectivity index (χ3v) is 4.53. The molecule has 0 fully saturated rings.